The second kappa shape index (κ2) is 9.58. The summed E-state index contributed by atoms with van der Waals surface area (Å²) in [5, 5.41) is 8.63. The van der Waals surface area contributed by atoms with E-state index >= 15 is 0 Å². The van der Waals surface area contributed by atoms with Crippen LogP contribution in [0.5, 0.6) is 0 Å². The van der Waals surface area contributed by atoms with E-state index in [9.17, 15) is 0 Å². The Morgan fingerprint density at radius 3 is 1.85 bits per heavy atom. The van der Waals surface area contributed by atoms with E-state index in [4.69, 9.17) is 23.8 Å². The predicted octanol–water partition coefficient (Wildman–Crippen LogP) is 11.0. The molecule has 0 radical (unpaired) electrons. The SMILES string of the molecule is c1ccc2cc(-c3nc(-c4cccc5cc6oc7ccccc7c6cc45)nc(-c4cccc5c4oc4ccccc45)n3)ccc2c1. The van der Waals surface area contributed by atoms with Crippen molar-refractivity contribution in [1.82, 2.24) is 15.0 Å². The van der Waals surface area contributed by atoms with E-state index in [1.54, 1.807) is 0 Å². The Morgan fingerprint density at radius 1 is 0.348 bits per heavy atom. The van der Waals surface area contributed by atoms with Crippen molar-refractivity contribution in [2.24, 2.45) is 0 Å². The highest BCUT2D eigenvalue weighted by Crippen LogP contribution is 2.38. The Bertz CT molecular complexity index is 2830. The Balaban J connectivity index is 1.26. The lowest BCUT2D eigenvalue weighted by Crippen LogP contribution is -2.01. The first-order valence-electron chi connectivity index (χ1n) is 15.3. The van der Waals surface area contributed by atoms with Crippen molar-refractivity contribution in [2.45, 2.75) is 0 Å². The average Bonchev–Trinajstić information content (AvgIpc) is 3.68. The van der Waals surface area contributed by atoms with Crippen molar-refractivity contribution in [3.05, 3.63) is 140 Å². The number of hydrogen-bond donors (Lipinski definition) is 0. The van der Waals surface area contributed by atoms with Crippen LogP contribution in [0.15, 0.2) is 148 Å². The van der Waals surface area contributed by atoms with Crippen LogP contribution in [0, 0.1) is 0 Å². The van der Waals surface area contributed by atoms with Crippen molar-refractivity contribution in [3.63, 3.8) is 0 Å². The molecule has 5 nitrogen and oxygen atoms in total. The number of furan rings is 2. The van der Waals surface area contributed by atoms with E-state index < -0.39 is 0 Å². The van der Waals surface area contributed by atoms with E-state index in [-0.39, 0.29) is 0 Å². The minimum absolute atomic E-state index is 0.560. The molecule has 46 heavy (non-hydrogen) atoms. The summed E-state index contributed by atoms with van der Waals surface area (Å²) >= 11 is 0. The van der Waals surface area contributed by atoms with Gasteiger partial charge >= 0.3 is 0 Å². The standard InChI is InChI=1S/C41H23N3O2/c1-2-10-25-21-27(20-19-24(25)9-1)39-42-40(44-41(43-39)32-16-8-14-30-28-12-3-6-18-36(28)46-38(30)32)31-15-7-11-26-22-37-34(23-33(26)31)29-13-4-5-17-35(29)45-37/h1-23H. The van der Waals surface area contributed by atoms with Gasteiger partial charge in [0, 0.05) is 32.7 Å². The van der Waals surface area contributed by atoms with Crippen LogP contribution < -0.4 is 0 Å². The molecule has 3 aromatic heterocycles. The highest BCUT2D eigenvalue weighted by Gasteiger charge is 2.19. The number of rotatable bonds is 3. The molecule has 10 rings (SSSR count). The second-order valence-corrected chi connectivity index (χ2v) is 11.6. The Labute approximate surface area is 262 Å². The van der Waals surface area contributed by atoms with E-state index in [0.29, 0.717) is 17.5 Å². The Kier molecular flexibility index (Phi) is 5.22. The molecule has 5 heteroatoms. The lowest BCUT2D eigenvalue weighted by molar-refractivity contribution is 0.669. The number of aromatic nitrogens is 3. The van der Waals surface area contributed by atoms with Gasteiger partial charge in [-0.05, 0) is 57.9 Å². The van der Waals surface area contributed by atoms with Crippen molar-refractivity contribution in [2.75, 3.05) is 0 Å². The number of para-hydroxylation sites is 3. The summed E-state index contributed by atoms with van der Waals surface area (Å²) in [6, 6.07) is 47.6. The Morgan fingerprint density at radius 2 is 0.978 bits per heavy atom. The minimum atomic E-state index is 0.560. The van der Waals surface area contributed by atoms with Gasteiger partial charge in [0.05, 0.1) is 5.56 Å². The van der Waals surface area contributed by atoms with Gasteiger partial charge in [-0.2, -0.15) is 0 Å². The third kappa shape index (κ3) is 3.79. The van der Waals surface area contributed by atoms with Gasteiger partial charge < -0.3 is 8.83 Å². The van der Waals surface area contributed by atoms with Crippen molar-refractivity contribution in [3.8, 4) is 34.2 Å². The van der Waals surface area contributed by atoms with Crippen LogP contribution >= 0.6 is 0 Å². The van der Waals surface area contributed by atoms with Crippen molar-refractivity contribution < 1.29 is 8.83 Å². The fourth-order valence-electron chi connectivity index (χ4n) is 6.69. The first-order chi connectivity index (χ1) is 22.8. The molecule has 10 aromatic rings. The summed E-state index contributed by atoms with van der Waals surface area (Å²) in [6.45, 7) is 0. The number of fused-ring (bicyclic) bond motifs is 8. The molecule has 0 atom stereocenters. The molecule has 0 aliphatic carbocycles. The van der Waals surface area contributed by atoms with E-state index in [1.165, 1.54) is 5.39 Å². The summed E-state index contributed by atoms with van der Waals surface area (Å²) in [5.74, 6) is 1.76. The summed E-state index contributed by atoms with van der Waals surface area (Å²) < 4.78 is 12.6. The summed E-state index contributed by atoms with van der Waals surface area (Å²) in [4.78, 5) is 15.4. The molecule has 0 spiro atoms. The fourth-order valence-corrected chi connectivity index (χ4v) is 6.69. The fraction of sp³-hybridized carbons (Fsp3) is 0. The summed E-state index contributed by atoms with van der Waals surface area (Å²) in [6.07, 6.45) is 0. The van der Waals surface area contributed by atoms with Gasteiger partial charge in [0.2, 0.25) is 0 Å². The normalized spacial score (nSPS) is 11.9. The molecule has 214 valence electrons. The molecule has 0 aliphatic rings. The maximum absolute atomic E-state index is 6.43. The quantitative estimate of drug-likeness (QED) is 0.205. The highest BCUT2D eigenvalue weighted by molar-refractivity contribution is 6.13. The monoisotopic (exact) mass is 589 g/mol. The first kappa shape index (κ1) is 25.0. The van der Waals surface area contributed by atoms with Crippen LogP contribution in [0.4, 0.5) is 0 Å². The minimum Gasteiger partial charge on any atom is -0.456 e. The van der Waals surface area contributed by atoms with Crippen LogP contribution in [-0.4, -0.2) is 15.0 Å². The molecule has 0 unspecified atom stereocenters. The molecule has 7 aromatic carbocycles. The molecular weight excluding hydrogens is 566 g/mol. The molecular formula is C41H23N3O2. The molecule has 3 heterocycles. The zero-order valence-electron chi connectivity index (χ0n) is 24.4. The average molecular weight is 590 g/mol. The zero-order chi connectivity index (χ0) is 30.2. The topological polar surface area (TPSA) is 65.0 Å². The van der Waals surface area contributed by atoms with Gasteiger partial charge in [-0.3, -0.25) is 0 Å². The Hall–Kier alpha value is -6.33. The van der Waals surface area contributed by atoms with Crippen LogP contribution in [0.25, 0.3) is 99.6 Å². The third-order valence-electron chi connectivity index (χ3n) is 8.91. The van der Waals surface area contributed by atoms with Gasteiger partial charge in [-0.15, -0.1) is 0 Å². The van der Waals surface area contributed by atoms with Gasteiger partial charge in [0.25, 0.3) is 0 Å². The van der Waals surface area contributed by atoms with Crippen LogP contribution in [0.3, 0.4) is 0 Å². The molecule has 0 fully saturated rings. The maximum Gasteiger partial charge on any atom is 0.167 e. The van der Waals surface area contributed by atoms with Gasteiger partial charge in [-0.25, -0.2) is 15.0 Å². The number of benzene rings is 7. The smallest absolute Gasteiger partial charge is 0.167 e. The molecule has 0 bridgehead atoms. The molecule has 0 aliphatic heterocycles. The van der Waals surface area contributed by atoms with E-state index in [0.717, 1.165) is 76.7 Å². The van der Waals surface area contributed by atoms with E-state index in [1.807, 2.05) is 54.6 Å². The lowest BCUT2D eigenvalue weighted by Gasteiger charge is -2.11. The molecule has 0 amide bonds. The zero-order valence-corrected chi connectivity index (χ0v) is 24.4. The van der Waals surface area contributed by atoms with Gasteiger partial charge in [0.1, 0.15) is 22.3 Å². The van der Waals surface area contributed by atoms with E-state index in [2.05, 4.69) is 84.9 Å². The number of hydrogen-bond acceptors (Lipinski definition) is 5. The molecule has 0 saturated carbocycles. The molecule has 0 N–H and O–H groups in total. The lowest BCUT2D eigenvalue weighted by atomic mass is 10.0. The first-order valence-corrected chi connectivity index (χ1v) is 15.3. The predicted molar refractivity (Wildman–Crippen MR) is 186 cm³/mol. The van der Waals surface area contributed by atoms with Crippen LogP contribution in [0.1, 0.15) is 0 Å². The van der Waals surface area contributed by atoms with Crippen molar-refractivity contribution >= 4 is 65.4 Å². The van der Waals surface area contributed by atoms with Gasteiger partial charge in [-0.1, -0.05) is 103 Å². The number of nitrogens with zero attached hydrogens (tertiary/aromatic N) is 3. The largest absolute Gasteiger partial charge is 0.456 e. The molecule has 0 saturated heterocycles. The van der Waals surface area contributed by atoms with Crippen molar-refractivity contribution in [1.29, 1.82) is 0 Å². The summed E-state index contributed by atoms with van der Waals surface area (Å²) in [7, 11) is 0. The van der Waals surface area contributed by atoms with Crippen LogP contribution in [-0.2, 0) is 0 Å². The van der Waals surface area contributed by atoms with Gasteiger partial charge in [0.15, 0.2) is 17.5 Å². The third-order valence-corrected chi connectivity index (χ3v) is 8.91. The summed E-state index contributed by atoms with van der Waals surface area (Å²) in [5.41, 5.74) is 5.98. The maximum atomic E-state index is 6.43. The second-order valence-electron chi connectivity index (χ2n) is 11.6. The van der Waals surface area contributed by atoms with Crippen LogP contribution in [0.2, 0.25) is 0 Å². The highest BCUT2D eigenvalue weighted by atomic mass is 16.3.